The summed E-state index contributed by atoms with van der Waals surface area (Å²) in [4.78, 5) is 11.8. The number of para-hydroxylation sites is 1. The number of halogens is 2. The van der Waals surface area contributed by atoms with Gasteiger partial charge in [0.15, 0.2) is 0 Å². The van der Waals surface area contributed by atoms with Gasteiger partial charge in [0.1, 0.15) is 5.75 Å². The summed E-state index contributed by atoms with van der Waals surface area (Å²) in [5.74, 6) is 0.592. The van der Waals surface area contributed by atoms with Gasteiger partial charge in [-0.3, -0.25) is 4.79 Å². The molecule has 0 unspecified atom stereocenters. The number of hydrogen-bond donors (Lipinski definition) is 2. The van der Waals surface area contributed by atoms with Crippen LogP contribution in [0.2, 0.25) is 10.0 Å². The number of rotatable bonds is 8. The van der Waals surface area contributed by atoms with Crippen LogP contribution in [0.25, 0.3) is 0 Å². The van der Waals surface area contributed by atoms with Gasteiger partial charge in [0.05, 0.1) is 11.6 Å². The standard InChI is InChI=1S/C18H20Cl2N2O2/c19-14-7-8-17(15(20)12-14)24-11-3-10-22-18(23)9-6-13-4-1-2-5-16(13)21/h1-2,4-5,7-8,12H,3,6,9-11,21H2,(H,22,23). The maximum atomic E-state index is 11.8. The average Bonchev–Trinajstić information content (AvgIpc) is 2.55. The molecule has 0 fully saturated rings. The van der Waals surface area contributed by atoms with Gasteiger partial charge < -0.3 is 15.8 Å². The first-order chi connectivity index (χ1) is 11.6. The summed E-state index contributed by atoms with van der Waals surface area (Å²) in [6.07, 6.45) is 1.74. The second-order valence-corrected chi connectivity index (χ2v) is 6.17. The number of aryl methyl sites for hydroxylation is 1. The molecule has 2 aromatic rings. The smallest absolute Gasteiger partial charge is 0.220 e. The summed E-state index contributed by atoms with van der Waals surface area (Å²) in [6, 6.07) is 12.7. The van der Waals surface area contributed by atoms with Gasteiger partial charge in [-0.15, -0.1) is 0 Å². The Labute approximate surface area is 151 Å². The van der Waals surface area contributed by atoms with E-state index in [9.17, 15) is 4.79 Å². The monoisotopic (exact) mass is 366 g/mol. The second kappa shape index (κ2) is 9.40. The maximum absolute atomic E-state index is 11.8. The van der Waals surface area contributed by atoms with Crippen molar-refractivity contribution in [1.82, 2.24) is 5.32 Å². The Hall–Kier alpha value is -1.91. The van der Waals surface area contributed by atoms with Crippen molar-refractivity contribution >= 4 is 34.8 Å². The van der Waals surface area contributed by atoms with Gasteiger partial charge in [0, 0.05) is 23.7 Å². The van der Waals surface area contributed by atoms with Crippen molar-refractivity contribution in [3.8, 4) is 5.75 Å². The molecule has 1 amide bonds. The highest BCUT2D eigenvalue weighted by atomic mass is 35.5. The molecule has 2 aromatic carbocycles. The molecule has 0 atom stereocenters. The zero-order valence-corrected chi connectivity index (χ0v) is 14.7. The van der Waals surface area contributed by atoms with Crippen molar-refractivity contribution in [3.05, 3.63) is 58.1 Å². The molecule has 0 aliphatic heterocycles. The van der Waals surface area contributed by atoms with Crippen LogP contribution in [-0.2, 0) is 11.2 Å². The summed E-state index contributed by atoms with van der Waals surface area (Å²) in [6.45, 7) is 1.02. The van der Waals surface area contributed by atoms with Gasteiger partial charge in [0.2, 0.25) is 5.91 Å². The number of anilines is 1. The SMILES string of the molecule is Nc1ccccc1CCC(=O)NCCCOc1ccc(Cl)cc1Cl. The molecule has 128 valence electrons. The lowest BCUT2D eigenvalue weighted by Crippen LogP contribution is -2.25. The van der Waals surface area contributed by atoms with Gasteiger partial charge in [0.25, 0.3) is 0 Å². The lowest BCUT2D eigenvalue weighted by Gasteiger charge is -2.09. The molecule has 0 saturated carbocycles. The quantitative estimate of drug-likeness (QED) is 0.546. The molecule has 0 bridgehead atoms. The summed E-state index contributed by atoms with van der Waals surface area (Å²) >= 11 is 11.8. The van der Waals surface area contributed by atoms with Gasteiger partial charge in [-0.2, -0.15) is 0 Å². The average molecular weight is 367 g/mol. The first kappa shape index (κ1) is 18.4. The fourth-order valence-electron chi connectivity index (χ4n) is 2.17. The Morgan fingerprint density at radius 1 is 1.17 bits per heavy atom. The third-order valence-electron chi connectivity index (χ3n) is 3.47. The number of nitrogen functional groups attached to an aromatic ring is 1. The fourth-order valence-corrected chi connectivity index (χ4v) is 2.64. The maximum Gasteiger partial charge on any atom is 0.220 e. The zero-order chi connectivity index (χ0) is 17.4. The molecule has 4 nitrogen and oxygen atoms in total. The first-order valence-electron chi connectivity index (χ1n) is 7.74. The molecule has 0 radical (unpaired) electrons. The van der Waals surface area contributed by atoms with Crippen molar-refractivity contribution in [2.24, 2.45) is 0 Å². The van der Waals surface area contributed by atoms with Gasteiger partial charge in [-0.25, -0.2) is 0 Å². The molecule has 0 spiro atoms. The highest BCUT2D eigenvalue weighted by Crippen LogP contribution is 2.27. The van der Waals surface area contributed by atoms with E-state index in [1.165, 1.54) is 0 Å². The topological polar surface area (TPSA) is 64.4 Å². The summed E-state index contributed by atoms with van der Waals surface area (Å²) < 4.78 is 5.56. The van der Waals surface area contributed by atoms with E-state index in [1.54, 1.807) is 18.2 Å². The highest BCUT2D eigenvalue weighted by Gasteiger charge is 2.05. The van der Waals surface area contributed by atoms with Gasteiger partial charge in [-0.05, 0) is 42.7 Å². The van der Waals surface area contributed by atoms with E-state index >= 15 is 0 Å². The van der Waals surface area contributed by atoms with E-state index in [0.29, 0.717) is 48.2 Å². The van der Waals surface area contributed by atoms with Crippen LogP contribution in [-0.4, -0.2) is 19.1 Å². The van der Waals surface area contributed by atoms with Crippen LogP contribution in [0.4, 0.5) is 5.69 Å². The summed E-state index contributed by atoms with van der Waals surface area (Å²) in [7, 11) is 0. The van der Waals surface area contributed by atoms with Crippen molar-refractivity contribution < 1.29 is 9.53 Å². The molecule has 0 aromatic heterocycles. The van der Waals surface area contributed by atoms with E-state index in [0.717, 1.165) is 11.3 Å². The Bertz CT molecular complexity index is 692. The highest BCUT2D eigenvalue weighted by molar-refractivity contribution is 6.35. The van der Waals surface area contributed by atoms with Crippen LogP contribution < -0.4 is 15.8 Å². The molecule has 6 heteroatoms. The number of ether oxygens (including phenoxy) is 1. The van der Waals surface area contributed by atoms with E-state index in [-0.39, 0.29) is 5.91 Å². The van der Waals surface area contributed by atoms with Crippen LogP contribution >= 0.6 is 23.2 Å². The number of carbonyl (C=O) groups is 1. The predicted octanol–water partition coefficient (Wildman–Crippen LogP) is 4.09. The molecule has 0 aliphatic rings. The number of amides is 1. The van der Waals surface area contributed by atoms with Crippen molar-refractivity contribution in [3.63, 3.8) is 0 Å². The molecule has 0 heterocycles. The third-order valence-corrected chi connectivity index (χ3v) is 4.00. The van der Waals surface area contributed by atoms with Crippen LogP contribution in [0.15, 0.2) is 42.5 Å². The number of nitrogens with one attached hydrogen (secondary N) is 1. The number of nitrogens with two attached hydrogens (primary N) is 1. The molecule has 2 rings (SSSR count). The predicted molar refractivity (Wildman–Crippen MR) is 98.8 cm³/mol. The van der Waals surface area contributed by atoms with Crippen molar-refractivity contribution in [2.45, 2.75) is 19.3 Å². The third kappa shape index (κ3) is 5.95. The van der Waals surface area contributed by atoms with E-state index < -0.39 is 0 Å². The minimum atomic E-state index is 0.00257. The second-order valence-electron chi connectivity index (χ2n) is 5.33. The Morgan fingerprint density at radius 3 is 2.71 bits per heavy atom. The first-order valence-corrected chi connectivity index (χ1v) is 8.50. The minimum Gasteiger partial charge on any atom is -0.492 e. The zero-order valence-electron chi connectivity index (χ0n) is 13.2. The molecular weight excluding hydrogens is 347 g/mol. The van der Waals surface area contributed by atoms with Gasteiger partial charge >= 0.3 is 0 Å². The normalized spacial score (nSPS) is 10.4. The molecule has 0 saturated heterocycles. The van der Waals surface area contributed by atoms with Crippen LogP contribution in [0.1, 0.15) is 18.4 Å². The van der Waals surface area contributed by atoms with Crippen LogP contribution in [0.5, 0.6) is 5.75 Å². The Morgan fingerprint density at radius 2 is 1.96 bits per heavy atom. The van der Waals surface area contributed by atoms with E-state index in [2.05, 4.69) is 5.32 Å². The number of benzene rings is 2. The molecule has 24 heavy (non-hydrogen) atoms. The molecular formula is C18H20Cl2N2O2. The fraction of sp³-hybridized carbons (Fsp3) is 0.278. The van der Waals surface area contributed by atoms with Gasteiger partial charge in [-0.1, -0.05) is 41.4 Å². The minimum absolute atomic E-state index is 0.00257. The van der Waals surface area contributed by atoms with Crippen molar-refractivity contribution in [1.29, 1.82) is 0 Å². The number of carbonyl (C=O) groups excluding carboxylic acids is 1. The largest absolute Gasteiger partial charge is 0.492 e. The van der Waals surface area contributed by atoms with Crippen LogP contribution in [0.3, 0.4) is 0 Å². The van der Waals surface area contributed by atoms with Crippen molar-refractivity contribution in [2.75, 3.05) is 18.9 Å². The summed E-state index contributed by atoms with van der Waals surface area (Å²) in [5.41, 5.74) is 7.57. The lowest BCUT2D eigenvalue weighted by atomic mass is 10.1. The van der Waals surface area contributed by atoms with E-state index in [4.69, 9.17) is 33.7 Å². The summed E-state index contributed by atoms with van der Waals surface area (Å²) in [5, 5.41) is 3.92. The Kier molecular flexibility index (Phi) is 7.22. The van der Waals surface area contributed by atoms with Crippen LogP contribution in [0, 0.1) is 0 Å². The lowest BCUT2D eigenvalue weighted by molar-refractivity contribution is -0.121. The molecule has 0 aliphatic carbocycles. The Balaban J connectivity index is 1.62. The van der Waals surface area contributed by atoms with E-state index in [1.807, 2.05) is 24.3 Å². The number of hydrogen-bond acceptors (Lipinski definition) is 3. The molecule has 3 N–H and O–H groups in total.